The van der Waals surface area contributed by atoms with Gasteiger partial charge in [-0.2, -0.15) is 0 Å². The average Bonchev–Trinajstić information content (AvgIpc) is 3.28. The van der Waals surface area contributed by atoms with Gasteiger partial charge in [0.1, 0.15) is 6.54 Å². The number of anilines is 1. The topological polar surface area (TPSA) is 104 Å². The number of imidazole rings is 1. The number of hydrogen-bond donors (Lipinski definition) is 1. The van der Waals surface area contributed by atoms with E-state index in [1.165, 1.54) is 40.9 Å². The highest BCUT2D eigenvalue weighted by molar-refractivity contribution is 7.16. The monoisotopic (exact) mass is 410 g/mol. The number of amides is 1. The minimum Gasteiger partial charge on any atom is -0.315 e. The van der Waals surface area contributed by atoms with E-state index in [0.717, 1.165) is 20.7 Å². The first-order chi connectivity index (χ1) is 13.9. The molecule has 0 aliphatic rings. The summed E-state index contributed by atoms with van der Waals surface area (Å²) in [6, 6.07) is 9.73. The molecule has 0 saturated carbocycles. The average molecular weight is 410 g/mol. The molecule has 0 bridgehead atoms. The van der Waals surface area contributed by atoms with Gasteiger partial charge >= 0.3 is 5.69 Å². The molecule has 1 aromatic carbocycles. The Morgan fingerprint density at radius 2 is 1.86 bits per heavy atom. The van der Waals surface area contributed by atoms with Gasteiger partial charge in [-0.15, -0.1) is 11.3 Å². The predicted octanol–water partition coefficient (Wildman–Crippen LogP) is 1.50. The van der Waals surface area contributed by atoms with E-state index < -0.39 is 11.2 Å². The van der Waals surface area contributed by atoms with Gasteiger partial charge in [0.15, 0.2) is 16.3 Å². The SMILES string of the molecule is Cc1sc(NC(=O)Cn2cnc3c2c(=O)n(C)c(=O)n3C)nc1-c1ccccc1. The molecule has 0 aliphatic heterocycles. The van der Waals surface area contributed by atoms with Crippen molar-refractivity contribution in [2.45, 2.75) is 13.5 Å². The van der Waals surface area contributed by atoms with E-state index in [9.17, 15) is 14.4 Å². The Hall–Kier alpha value is -3.53. The van der Waals surface area contributed by atoms with Crippen molar-refractivity contribution in [3.8, 4) is 11.3 Å². The van der Waals surface area contributed by atoms with Crippen LogP contribution in [0.15, 0.2) is 46.2 Å². The first-order valence-electron chi connectivity index (χ1n) is 8.80. The van der Waals surface area contributed by atoms with Crippen LogP contribution in [0.5, 0.6) is 0 Å². The van der Waals surface area contributed by atoms with Crippen LogP contribution in [-0.4, -0.2) is 29.6 Å². The van der Waals surface area contributed by atoms with E-state index in [2.05, 4.69) is 15.3 Å². The molecule has 3 heterocycles. The zero-order chi connectivity index (χ0) is 20.7. The summed E-state index contributed by atoms with van der Waals surface area (Å²) in [6.45, 7) is 1.83. The van der Waals surface area contributed by atoms with E-state index in [0.29, 0.717) is 5.13 Å². The van der Waals surface area contributed by atoms with Crippen molar-refractivity contribution in [1.29, 1.82) is 0 Å². The van der Waals surface area contributed by atoms with E-state index >= 15 is 0 Å². The summed E-state index contributed by atoms with van der Waals surface area (Å²) in [5.74, 6) is -0.339. The molecule has 0 spiro atoms. The number of nitrogens with one attached hydrogen (secondary N) is 1. The second-order valence-corrected chi connectivity index (χ2v) is 7.79. The van der Waals surface area contributed by atoms with Crippen molar-refractivity contribution >= 4 is 33.5 Å². The zero-order valence-electron chi connectivity index (χ0n) is 16.0. The molecule has 29 heavy (non-hydrogen) atoms. The van der Waals surface area contributed by atoms with Gasteiger partial charge in [-0.05, 0) is 6.92 Å². The highest BCUT2D eigenvalue weighted by Crippen LogP contribution is 2.30. The zero-order valence-corrected chi connectivity index (χ0v) is 16.9. The highest BCUT2D eigenvalue weighted by Gasteiger charge is 2.17. The molecule has 10 heteroatoms. The number of nitrogens with zero attached hydrogens (tertiary/aromatic N) is 5. The van der Waals surface area contributed by atoms with Gasteiger partial charge in [0.25, 0.3) is 5.56 Å². The van der Waals surface area contributed by atoms with Gasteiger partial charge in [0.2, 0.25) is 5.91 Å². The molecule has 4 rings (SSSR count). The minimum atomic E-state index is -0.496. The number of aromatic nitrogens is 5. The summed E-state index contributed by atoms with van der Waals surface area (Å²) < 4.78 is 3.71. The van der Waals surface area contributed by atoms with Crippen LogP contribution in [0, 0.1) is 6.92 Å². The van der Waals surface area contributed by atoms with Crippen LogP contribution < -0.4 is 16.6 Å². The van der Waals surface area contributed by atoms with E-state index in [4.69, 9.17) is 0 Å². The van der Waals surface area contributed by atoms with Crippen molar-refractivity contribution < 1.29 is 4.79 Å². The third-order valence-electron chi connectivity index (χ3n) is 4.62. The normalized spacial score (nSPS) is 11.1. The molecule has 3 aromatic heterocycles. The lowest BCUT2D eigenvalue weighted by Crippen LogP contribution is -2.37. The van der Waals surface area contributed by atoms with E-state index in [-0.39, 0.29) is 23.6 Å². The molecule has 1 amide bonds. The molecule has 4 aromatic rings. The number of benzene rings is 1. The van der Waals surface area contributed by atoms with Crippen LogP contribution in [0.25, 0.3) is 22.4 Å². The summed E-state index contributed by atoms with van der Waals surface area (Å²) in [4.78, 5) is 46.7. The first-order valence-corrected chi connectivity index (χ1v) is 9.62. The predicted molar refractivity (Wildman–Crippen MR) is 111 cm³/mol. The van der Waals surface area contributed by atoms with Crippen LogP contribution in [0.2, 0.25) is 0 Å². The van der Waals surface area contributed by atoms with Crippen molar-refractivity contribution in [2.24, 2.45) is 14.1 Å². The van der Waals surface area contributed by atoms with Gasteiger partial charge in [0.05, 0.1) is 12.0 Å². The van der Waals surface area contributed by atoms with Gasteiger partial charge in [-0.1, -0.05) is 30.3 Å². The second-order valence-electron chi connectivity index (χ2n) is 6.59. The number of aryl methyl sites for hydroxylation is 2. The quantitative estimate of drug-likeness (QED) is 0.549. The summed E-state index contributed by atoms with van der Waals surface area (Å²) in [6.07, 6.45) is 1.38. The van der Waals surface area contributed by atoms with Crippen molar-refractivity contribution in [2.75, 3.05) is 5.32 Å². The van der Waals surface area contributed by atoms with Crippen LogP contribution in [0.3, 0.4) is 0 Å². The Morgan fingerprint density at radius 3 is 2.59 bits per heavy atom. The number of carbonyl (C=O) groups is 1. The van der Waals surface area contributed by atoms with Crippen LogP contribution in [0.1, 0.15) is 4.88 Å². The molecular weight excluding hydrogens is 392 g/mol. The number of hydrogen-bond acceptors (Lipinski definition) is 6. The maximum Gasteiger partial charge on any atom is 0.332 e. The minimum absolute atomic E-state index is 0.122. The van der Waals surface area contributed by atoms with Crippen LogP contribution >= 0.6 is 11.3 Å². The lowest BCUT2D eigenvalue weighted by molar-refractivity contribution is -0.116. The van der Waals surface area contributed by atoms with Crippen molar-refractivity contribution in [3.63, 3.8) is 0 Å². The van der Waals surface area contributed by atoms with Crippen LogP contribution in [0.4, 0.5) is 5.13 Å². The fourth-order valence-corrected chi connectivity index (χ4v) is 4.00. The number of carbonyl (C=O) groups excluding carboxylic acids is 1. The summed E-state index contributed by atoms with van der Waals surface area (Å²) in [5, 5.41) is 3.26. The fraction of sp³-hybridized carbons (Fsp3) is 0.211. The maximum absolute atomic E-state index is 12.6. The Balaban J connectivity index is 1.60. The molecule has 9 nitrogen and oxygen atoms in total. The van der Waals surface area contributed by atoms with Crippen LogP contribution in [-0.2, 0) is 25.4 Å². The van der Waals surface area contributed by atoms with Gasteiger partial charge < -0.3 is 9.88 Å². The number of rotatable bonds is 4. The standard InChI is InChI=1S/C19H18N6O3S/c1-11-14(12-7-5-4-6-8-12)22-18(29-11)21-13(26)9-25-10-20-16-15(25)17(27)24(3)19(28)23(16)2/h4-8,10H,9H2,1-3H3,(H,21,22,26). The molecular formula is C19H18N6O3S. The summed E-state index contributed by atoms with van der Waals surface area (Å²) >= 11 is 1.38. The number of thiazole rings is 1. The second kappa shape index (κ2) is 7.13. The smallest absolute Gasteiger partial charge is 0.315 e. The molecule has 0 saturated heterocycles. The molecule has 148 valence electrons. The molecule has 1 N–H and O–H groups in total. The Labute approximate surface area is 168 Å². The highest BCUT2D eigenvalue weighted by atomic mass is 32.1. The van der Waals surface area contributed by atoms with Crippen molar-refractivity contribution in [3.05, 3.63) is 62.4 Å². The third kappa shape index (κ3) is 3.27. The number of fused-ring (bicyclic) bond motifs is 1. The first kappa shape index (κ1) is 18.8. The summed E-state index contributed by atoms with van der Waals surface area (Å²) in [7, 11) is 2.93. The molecule has 0 aliphatic carbocycles. The molecule has 0 unspecified atom stereocenters. The molecule has 0 atom stereocenters. The third-order valence-corrected chi connectivity index (χ3v) is 5.51. The molecule has 0 fully saturated rings. The van der Waals surface area contributed by atoms with Gasteiger partial charge in [-0.3, -0.25) is 18.7 Å². The van der Waals surface area contributed by atoms with E-state index in [1.54, 1.807) is 0 Å². The largest absolute Gasteiger partial charge is 0.332 e. The molecule has 0 radical (unpaired) electrons. The van der Waals surface area contributed by atoms with E-state index in [1.807, 2.05) is 37.3 Å². The Kier molecular flexibility index (Phi) is 4.63. The fourth-order valence-electron chi connectivity index (χ4n) is 3.14. The van der Waals surface area contributed by atoms with Gasteiger partial charge in [-0.25, -0.2) is 14.8 Å². The summed E-state index contributed by atoms with van der Waals surface area (Å²) in [5.41, 5.74) is 1.27. The lowest BCUT2D eigenvalue weighted by atomic mass is 10.1. The van der Waals surface area contributed by atoms with Crippen molar-refractivity contribution in [1.82, 2.24) is 23.7 Å². The lowest BCUT2D eigenvalue weighted by Gasteiger charge is -2.06. The van der Waals surface area contributed by atoms with Gasteiger partial charge in [0, 0.05) is 24.5 Å². The Morgan fingerprint density at radius 1 is 1.14 bits per heavy atom. The maximum atomic E-state index is 12.6. The Bertz CT molecular complexity index is 1350.